The highest BCUT2D eigenvalue weighted by Gasteiger charge is 2.22. The van der Waals surface area contributed by atoms with Gasteiger partial charge in [0.25, 0.3) is 0 Å². The van der Waals surface area contributed by atoms with Gasteiger partial charge in [-0.2, -0.15) is 0 Å². The summed E-state index contributed by atoms with van der Waals surface area (Å²) < 4.78 is 27.5. The number of aromatic nitrogens is 1. The topological polar surface area (TPSA) is 74.3 Å². The van der Waals surface area contributed by atoms with Crippen molar-refractivity contribution < 1.29 is 8.42 Å². The predicted molar refractivity (Wildman–Crippen MR) is 83.9 cm³/mol. The van der Waals surface area contributed by atoms with Crippen molar-refractivity contribution in [3.05, 3.63) is 18.5 Å². The third kappa shape index (κ3) is 4.15. The number of piperidine rings is 1. The lowest BCUT2D eigenvalue weighted by molar-refractivity contribution is 0.175. The Balaban J connectivity index is 2.00. The van der Waals surface area contributed by atoms with Crippen LogP contribution in [0, 0.1) is 0 Å². The number of pyridine rings is 1. The van der Waals surface area contributed by atoms with Crippen LogP contribution < -0.4 is 10.0 Å². The molecule has 118 valence electrons. The normalized spacial score (nSPS) is 18.4. The molecule has 0 amide bonds. The first-order chi connectivity index (χ1) is 10.0. The summed E-state index contributed by atoms with van der Waals surface area (Å²) in [5, 5.41) is 2.88. The lowest BCUT2D eigenvalue weighted by atomic mass is 10.1. The minimum atomic E-state index is -3.54. The van der Waals surface area contributed by atoms with Gasteiger partial charge >= 0.3 is 0 Å². The number of hydrogen-bond acceptors (Lipinski definition) is 5. The quantitative estimate of drug-likeness (QED) is 0.827. The minimum Gasteiger partial charge on any atom is -0.387 e. The summed E-state index contributed by atoms with van der Waals surface area (Å²) in [7, 11) is -1.84. The van der Waals surface area contributed by atoms with Crippen LogP contribution in [-0.4, -0.2) is 51.0 Å². The van der Waals surface area contributed by atoms with E-state index in [1.165, 1.54) is 25.5 Å². The van der Waals surface area contributed by atoms with Crippen LogP contribution in [-0.2, 0) is 10.0 Å². The molecular weight excluding hydrogens is 288 g/mol. The maximum absolute atomic E-state index is 12.4. The molecule has 1 fully saturated rings. The molecule has 1 atom stereocenters. The van der Waals surface area contributed by atoms with Crippen LogP contribution in [0.5, 0.6) is 0 Å². The van der Waals surface area contributed by atoms with E-state index in [9.17, 15) is 8.42 Å². The van der Waals surface area contributed by atoms with Crippen LogP contribution in [0.15, 0.2) is 23.4 Å². The van der Waals surface area contributed by atoms with E-state index in [1.54, 1.807) is 19.3 Å². The lowest BCUT2D eigenvalue weighted by Gasteiger charge is -2.32. The van der Waals surface area contributed by atoms with E-state index in [0.717, 1.165) is 13.1 Å². The minimum absolute atomic E-state index is 0.193. The molecule has 1 aromatic heterocycles. The average Bonchev–Trinajstić information content (AvgIpc) is 2.53. The third-order valence-corrected chi connectivity index (χ3v) is 5.38. The lowest BCUT2D eigenvalue weighted by Crippen LogP contribution is -2.44. The summed E-state index contributed by atoms with van der Waals surface area (Å²) in [5.74, 6) is 0. The van der Waals surface area contributed by atoms with Gasteiger partial charge < -0.3 is 5.32 Å². The van der Waals surface area contributed by atoms with E-state index in [1.807, 2.05) is 0 Å². The third-order valence-electron chi connectivity index (χ3n) is 3.93. The zero-order chi connectivity index (χ0) is 15.3. The first-order valence-corrected chi connectivity index (χ1v) is 8.88. The predicted octanol–water partition coefficient (Wildman–Crippen LogP) is 1.28. The maximum Gasteiger partial charge on any atom is 0.244 e. The average molecular weight is 312 g/mol. The summed E-state index contributed by atoms with van der Waals surface area (Å²) in [6.07, 6.45) is 6.62. The molecule has 1 aliphatic rings. The van der Waals surface area contributed by atoms with Crippen molar-refractivity contribution in [2.45, 2.75) is 37.1 Å². The van der Waals surface area contributed by atoms with Crippen molar-refractivity contribution in [2.75, 3.05) is 32.0 Å². The summed E-state index contributed by atoms with van der Waals surface area (Å²) in [6, 6.07) is 1.86. The van der Waals surface area contributed by atoms with Crippen molar-refractivity contribution >= 4 is 15.7 Å². The second-order valence-electron chi connectivity index (χ2n) is 5.42. The first kappa shape index (κ1) is 16.2. The van der Waals surface area contributed by atoms with Crippen LogP contribution in [0.2, 0.25) is 0 Å². The second-order valence-corrected chi connectivity index (χ2v) is 7.15. The molecule has 7 heteroatoms. The molecule has 2 N–H and O–H groups in total. The Labute approximate surface area is 127 Å². The number of sulfonamides is 1. The highest BCUT2D eigenvalue weighted by Crippen LogP contribution is 2.19. The molecule has 2 heterocycles. The largest absolute Gasteiger partial charge is 0.387 e. The van der Waals surface area contributed by atoms with E-state index in [2.05, 4.69) is 26.8 Å². The van der Waals surface area contributed by atoms with Crippen LogP contribution in [0.4, 0.5) is 5.69 Å². The summed E-state index contributed by atoms with van der Waals surface area (Å²) >= 11 is 0. The van der Waals surface area contributed by atoms with Crippen molar-refractivity contribution in [2.24, 2.45) is 0 Å². The number of likely N-dealkylation sites (tertiary alicyclic amines) is 1. The molecule has 0 spiro atoms. The van der Waals surface area contributed by atoms with E-state index in [0.29, 0.717) is 12.2 Å². The van der Waals surface area contributed by atoms with Crippen LogP contribution in [0.25, 0.3) is 0 Å². The molecule has 1 aromatic rings. The smallest absolute Gasteiger partial charge is 0.244 e. The molecule has 0 bridgehead atoms. The molecule has 0 aromatic carbocycles. The van der Waals surface area contributed by atoms with Crippen LogP contribution in [0.3, 0.4) is 0 Å². The summed E-state index contributed by atoms with van der Waals surface area (Å²) in [4.78, 5) is 6.44. The molecular formula is C14H24N4O2S. The Hall–Kier alpha value is -1.18. The van der Waals surface area contributed by atoms with Crippen LogP contribution in [0.1, 0.15) is 26.2 Å². The molecule has 2 rings (SSSR count). The van der Waals surface area contributed by atoms with Crippen molar-refractivity contribution in [3.8, 4) is 0 Å². The Kier molecular flexibility index (Phi) is 5.55. The number of nitrogens with one attached hydrogen (secondary N) is 2. The van der Waals surface area contributed by atoms with Crippen molar-refractivity contribution in [1.29, 1.82) is 0 Å². The molecule has 1 saturated heterocycles. The maximum atomic E-state index is 12.4. The van der Waals surface area contributed by atoms with Gasteiger partial charge in [-0.15, -0.1) is 0 Å². The van der Waals surface area contributed by atoms with Gasteiger partial charge in [0.2, 0.25) is 10.0 Å². The van der Waals surface area contributed by atoms with E-state index in [-0.39, 0.29) is 10.9 Å². The van der Waals surface area contributed by atoms with Gasteiger partial charge in [0.05, 0.1) is 5.69 Å². The molecule has 6 nitrogen and oxygen atoms in total. The van der Waals surface area contributed by atoms with Crippen LogP contribution >= 0.6 is 0 Å². The van der Waals surface area contributed by atoms with Gasteiger partial charge in [0, 0.05) is 32.0 Å². The zero-order valence-corrected chi connectivity index (χ0v) is 13.5. The standard InChI is InChI=1S/C14H24N4O2S/c1-12(18-8-4-3-5-9-18)10-17-21(19,20)14-11-16-7-6-13(14)15-2/h6-7,11-12,17H,3-5,8-10H2,1-2H3,(H,15,16). The molecule has 0 radical (unpaired) electrons. The summed E-state index contributed by atoms with van der Waals surface area (Å²) in [6.45, 7) is 4.59. The van der Waals surface area contributed by atoms with Gasteiger partial charge in [0.1, 0.15) is 4.90 Å². The Morgan fingerprint density at radius 3 is 2.71 bits per heavy atom. The number of rotatable bonds is 6. The Morgan fingerprint density at radius 2 is 2.05 bits per heavy atom. The fraction of sp³-hybridized carbons (Fsp3) is 0.643. The Bertz CT molecular complexity index is 556. The summed E-state index contributed by atoms with van der Waals surface area (Å²) in [5.41, 5.74) is 0.558. The fourth-order valence-corrected chi connectivity index (χ4v) is 3.87. The molecule has 0 saturated carbocycles. The van der Waals surface area contributed by atoms with Gasteiger partial charge in [-0.25, -0.2) is 13.1 Å². The van der Waals surface area contributed by atoms with Gasteiger partial charge in [0.15, 0.2) is 0 Å². The Morgan fingerprint density at radius 1 is 1.33 bits per heavy atom. The first-order valence-electron chi connectivity index (χ1n) is 7.40. The molecule has 0 aliphatic carbocycles. The van der Waals surface area contributed by atoms with Gasteiger partial charge in [-0.1, -0.05) is 6.42 Å². The fourth-order valence-electron chi connectivity index (χ4n) is 2.60. The molecule has 1 unspecified atom stereocenters. The number of hydrogen-bond donors (Lipinski definition) is 2. The van der Waals surface area contributed by atoms with E-state index in [4.69, 9.17) is 0 Å². The van der Waals surface area contributed by atoms with E-state index >= 15 is 0 Å². The SMILES string of the molecule is CNc1ccncc1S(=O)(=O)NCC(C)N1CCCCC1. The number of anilines is 1. The highest BCUT2D eigenvalue weighted by atomic mass is 32.2. The molecule has 1 aliphatic heterocycles. The second kappa shape index (κ2) is 7.20. The number of nitrogens with zero attached hydrogens (tertiary/aromatic N) is 2. The monoisotopic (exact) mass is 312 g/mol. The highest BCUT2D eigenvalue weighted by molar-refractivity contribution is 7.89. The van der Waals surface area contributed by atoms with Gasteiger partial charge in [-0.05, 0) is 38.9 Å². The van der Waals surface area contributed by atoms with Gasteiger partial charge in [-0.3, -0.25) is 9.88 Å². The van der Waals surface area contributed by atoms with Crippen molar-refractivity contribution in [1.82, 2.24) is 14.6 Å². The van der Waals surface area contributed by atoms with Crippen molar-refractivity contribution in [3.63, 3.8) is 0 Å². The van der Waals surface area contributed by atoms with E-state index < -0.39 is 10.0 Å². The zero-order valence-electron chi connectivity index (χ0n) is 12.7. The molecule has 21 heavy (non-hydrogen) atoms.